The van der Waals surface area contributed by atoms with E-state index in [2.05, 4.69) is 10.3 Å². The van der Waals surface area contributed by atoms with Crippen molar-refractivity contribution in [2.75, 3.05) is 20.8 Å². The SMILES string of the molecule is CC.CN=CNC(C)COC. The number of nitrogens with one attached hydrogen (secondary N) is 1. The van der Waals surface area contributed by atoms with Crippen molar-refractivity contribution in [3.05, 3.63) is 0 Å². The second-order valence-corrected chi connectivity index (χ2v) is 1.91. The lowest BCUT2D eigenvalue weighted by Crippen LogP contribution is -2.28. The van der Waals surface area contributed by atoms with Crippen LogP contribution in [0.2, 0.25) is 0 Å². The third-order valence-corrected chi connectivity index (χ3v) is 0.905. The van der Waals surface area contributed by atoms with Crippen molar-refractivity contribution in [1.82, 2.24) is 5.32 Å². The summed E-state index contributed by atoms with van der Waals surface area (Å²) in [7, 11) is 3.41. The first-order valence-corrected chi connectivity index (χ1v) is 3.97. The van der Waals surface area contributed by atoms with Gasteiger partial charge in [-0.1, -0.05) is 13.8 Å². The minimum Gasteiger partial charge on any atom is -0.383 e. The van der Waals surface area contributed by atoms with E-state index in [0.717, 1.165) is 0 Å². The minimum absolute atomic E-state index is 0.346. The second-order valence-electron chi connectivity index (χ2n) is 1.91. The van der Waals surface area contributed by atoms with Crippen LogP contribution in [0.25, 0.3) is 0 Å². The molecule has 0 aliphatic carbocycles. The first-order chi connectivity index (χ1) is 5.31. The summed E-state index contributed by atoms with van der Waals surface area (Å²) in [4.78, 5) is 3.77. The first kappa shape index (κ1) is 13.1. The predicted molar refractivity (Wildman–Crippen MR) is 50.2 cm³/mol. The van der Waals surface area contributed by atoms with E-state index >= 15 is 0 Å². The van der Waals surface area contributed by atoms with E-state index in [1.165, 1.54) is 0 Å². The fourth-order valence-electron chi connectivity index (χ4n) is 0.500. The van der Waals surface area contributed by atoms with Gasteiger partial charge in [0, 0.05) is 20.2 Å². The molecule has 3 nitrogen and oxygen atoms in total. The van der Waals surface area contributed by atoms with E-state index < -0.39 is 0 Å². The molecule has 0 bridgehead atoms. The van der Waals surface area contributed by atoms with Crippen LogP contribution < -0.4 is 5.32 Å². The van der Waals surface area contributed by atoms with E-state index in [1.807, 2.05) is 20.8 Å². The van der Waals surface area contributed by atoms with Crippen LogP contribution in [0.15, 0.2) is 4.99 Å². The van der Waals surface area contributed by atoms with Crippen LogP contribution in [-0.4, -0.2) is 33.1 Å². The summed E-state index contributed by atoms with van der Waals surface area (Å²) in [6.45, 7) is 6.75. The molecule has 3 heteroatoms. The third-order valence-electron chi connectivity index (χ3n) is 0.905. The summed E-state index contributed by atoms with van der Waals surface area (Å²) in [6, 6.07) is 0.346. The van der Waals surface area contributed by atoms with Gasteiger partial charge in [-0.15, -0.1) is 0 Å². The van der Waals surface area contributed by atoms with Crippen LogP contribution in [-0.2, 0) is 4.74 Å². The van der Waals surface area contributed by atoms with Crippen molar-refractivity contribution in [1.29, 1.82) is 0 Å². The lowest BCUT2D eigenvalue weighted by molar-refractivity contribution is 0.179. The van der Waals surface area contributed by atoms with Crippen LogP contribution in [0.4, 0.5) is 0 Å². The average Bonchev–Trinajstić information content (AvgIpc) is 2.05. The van der Waals surface area contributed by atoms with Gasteiger partial charge in [-0.3, -0.25) is 4.99 Å². The lowest BCUT2D eigenvalue weighted by Gasteiger charge is -2.07. The summed E-state index contributed by atoms with van der Waals surface area (Å²) >= 11 is 0. The molecular weight excluding hydrogens is 140 g/mol. The number of nitrogens with zero attached hydrogens (tertiary/aromatic N) is 1. The van der Waals surface area contributed by atoms with E-state index in [1.54, 1.807) is 20.5 Å². The zero-order chi connectivity index (χ0) is 9.11. The Morgan fingerprint density at radius 1 is 1.55 bits per heavy atom. The predicted octanol–water partition coefficient (Wildman–Crippen LogP) is 1.30. The van der Waals surface area contributed by atoms with Crippen LogP contribution in [0.1, 0.15) is 20.8 Å². The largest absolute Gasteiger partial charge is 0.383 e. The molecule has 0 fully saturated rings. The fraction of sp³-hybridized carbons (Fsp3) is 0.875. The van der Waals surface area contributed by atoms with Crippen molar-refractivity contribution in [2.45, 2.75) is 26.8 Å². The Bertz CT molecular complexity index is 84.2. The van der Waals surface area contributed by atoms with Gasteiger partial charge < -0.3 is 10.1 Å². The van der Waals surface area contributed by atoms with Gasteiger partial charge in [0.15, 0.2) is 0 Å². The molecule has 0 rings (SSSR count). The van der Waals surface area contributed by atoms with Crippen LogP contribution in [0, 0.1) is 0 Å². The summed E-state index contributed by atoms with van der Waals surface area (Å²) in [6.07, 6.45) is 1.67. The highest BCUT2D eigenvalue weighted by Gasteiger charge is 1.93. The smallest absolute Gasteiger partial charge is 0.0823 e. The molecule has 68 valence electrons. The third kappa shape index (κ3) is 12.6. The Balaban J connectivity index is 0. The highest BCUT2D eigenvalue weighted by atomic mass is 16.5. The monoisotopic (exact) mass is 160 g/mol. The Kier molecular flexibility index (Phi) is 14.4. The fourth-order valence-corrected chi connectivity index (χ4v) is 0.500. The average molecular weight is 160 g/mol. The number of methoxy groups -OCH3 is 1. The molecule has 0 aromatic carbocycles. The number of hydrogen-bond acceptors (Lipinski definition) is 2. The van der Waals surface area contributed by atoms with E-state index in [-0.39, 0.29) is 0 Å². The molecule has 1 atom stereocenters. The van der Waals surface area contributed by atoms with Gasteiger partial charge in [0.25, 0.3) is 0 Å². The number of aliphatic imine (C=N–C) groups is 1. The van der Waals surface area contributed by atoms with Crippen molar-refractivity contribution in [3.63, 3.8) is 0 Å². The maximum absolute atomic E-state index is 4.88. The minimum atomic E-state index is 0.346. The van der Waals surface area contributed by atoms with Gasteiger partial charge in [0.2, 0.25) is 0 Å². The van der Waals surface area contributed by atoms with Crippen molar-refractivity contribution >= 4 is 6.34 Å². The first-order valence-electron chi connectivity index (χ1n) is 3.97. The molecule has 11 heavy (non-hydrogen) atoms. The van der Waals surface area contributed by atoms with Gasteiger partial charge in [-0.2, -0.15) is 0 Å². The molecule has 0 saturated heterocycles. The molecule has 0 spiro atoms. The van der Waals surface area contributed by atoms with Crippen LogP contribution in [0.3, 0.4) is 0 Å². The molecule has 0 heterocycles. The highest BCUT2D eigenvalue weighted by molar-refractivity contribution is 5.54. The summed E-state index contributed by atoms with van der Waals surface area (Å²) in [5.41, 5.74) is 0. The van der Waals surface area contributed by atoms with Crippen molar-refractivity contribution in [3.8, 4) is 0 Å². The normalized spacial score (nSPS) is 12.1. The Hall–Kier alpha value is -0.570. The van der Waals surface area contributed by atoms with Crippen LogP contribution >= 0.6 is 0 Å². The Labute approximate surface area is 69.9 Å². The molecule has 0 saturated carbocycles. The van der Waals surface area contributed by atoms with Gasteiger partial charge in [-0.05, 0) is 6.92 Å². The number of rotatable bonds is 4. The number of ether oxygens (including phenoxy) is 1. The van der Waals surface area contributed by atoms with Crippen molar-refractivity contribution < 1.29 is 4.74 Å². The summed E-state index contributed by atoms with van der Waals surface area (Å²) in [5, 5.41) is 3.02. The van der Waals surface area contributed by atoms with E-state index in [4.69, 9.17) is 4.74 Å². The second kappa shape index (κ2) is 12.1. The summed E-state index contributed by atoms with van der Waals surface area (Å²) in [5.74, 6) is 0. The zero-order valence-electron chi connectivity index (χ0n) is 8.22. The maximum Gasteiger partial charge on any atom is 0.0823 e. The number of hydrogen-bond donors (Lipinski definition) is 1. The molecule has 1 unspecified atom stereocenters. The molecule has 0 aliphatic heterocycles. The quantitative estimate of drug-likeness (QED) is 0.496. The van der Waals surface area contributed by atoms with Gasteiger partial charge in [-0.25, -0.2) is 0 Å². The van der Waals surface area contributed by atoms with Gasteiger partial charge in [0.05, 0.1) is 12.9 Å². The van der Waals surface area contributed by atoms with Gasteiger partial charge in [0.1, 0.15) is 0 Å². The molecule has 0 radical (unpaired) electrons. The molecule has 0 aliphatic rings. The molecule has 0 aromatic rings. The Morgan fingerprint density at radius 3 is 2.45 bits per heavy atom. The molecule has 0 aromatic heterocycles. The maximum atomic E-state index is 4.88. The Morgan fingerprint density at radius 2 is 2.09 bits per heavy atom. The zero-order valence-corrected chi connectivity index (χ0v) is 8.22. The van der Waals surface area contributed by atoms with Gasteiger partial charge >= 0.3 is 0 Å². The molecular formula is C8H20N2O. The van der Waals surface area contributed by atoms with E-state index in [9.17, 15) is 0 Å². The van der Waals surface area contributed by atoms with E-state index in [0.29, 0.717) is 12.6 Å². The lowest BCUT2D eigenvalue weighted by atomic mass is 10.4. The summed E-state index contributed by atoms with van der Waals surface area (Å²) < 4.78 is 4.88. The highest BCUT2D eigenvalue weighted by Crippen LogP contribution is 1.77. The molecule has 0 amide bonds. The standard InChI is InChI=1S/C6H14N2O.C2H6/c1-6(4-9-3)8-5-7-2;1-2/h5-6H,4H2,1-3H3,(H,7,8);1-2H3. The topological polar surface area (TPSA) is 33.6 Å². The van der Waals surface area contributed by atoms with Crippen LogP contribution in [0.5, 0.6) is 0 Å². The van der Waals surface area contributed by atoms with Crippen molar-refractivity contribution in [2.24, 2.45) is 4.99 Å². The molecule has 1 N–H and O–H groups in total.